The minimum atomic E-state index is -0.212. The van der Waals surface area contributed by atoms with Crippen molar-refractivity contribution in [3.8, 4) is 11.4 Å². The Morgan fingerprint density at radius 3 is 2.38 bits per heavy atom. The van der Waals surface area contributed by atoms with Gasteiger partial charge in [-0.2, -0.15) is 5.10 Å². The topological polar surface area (TPSA) is 81.4 Å². The number of ether oxygens (including phenoxy) is 1. The number of carbonyl (C=O) groups excluding carboxylic acids is 1. The van der Waals surface area contributed by atoms with Gasteiger partial charge in [0.2, 0.25) is 0 Å². The Balaban J connectivity index is 1.34. The zero-order chi connectivity index (χ0) is 26.4. The summed E-state index contributed by atoms with van der Waals surface area (Å²) in [7, 11) is 0. The normalized spacial score (nSPS) is 11.2. The van der Waals surface area contributed by atoms with Gasteiger partial charge in [0, 0.05) is 38.5 Å². The fraction of sp³-hybridized carbons (Fsp3) is 0.214. The molecule has 0 fully saturated rings. The van der Waals surface area contributed by atoms with Gasteiger partial charge >= 0.3 is 0 Å². The summed E-state index contributed by atoms with van der Waals surface area (Å²) in [6, 6.07) is 20.0. The summed E-state index contributed by atoms with van der Waals surface area (Å²) in [6.45, 7) is 8.40. The first-order valence-corrected chi connectivity index (χ1v) is 13.5. The molecule has 0 atom stereocenters. The third kappa shape index (κ3) is 7.30. The highest BCUT2D eigenvalue weighted by atomic mass is 79.9. The maximum Gasteiger partial charge on any atom is 0.250 e. The van der Waals surface area contributed by atoms with Crippen LogP contribution in [-0.2, 0) is 11.4 Å². The largest absolute Gasteiger partial charge is 0.489 e. The van der Waals surface area contributed by atoms with Crippen LogP contribution in [0.3, 0.4) is 0 Å². The monoisotopic (exact) mass is 577 g/mol. The zero-order valence-electron chi connectivity index (χ0n) is 21.2. The van der Waals surface area contributed by atoms with Gasteiger partial charge in [-0.05, 0) is 81.8 Å². The summed E-state index contributed by atoms with van der Waals surface area (Å²) in [4.78, 5) is 20.9. The van der Waals surface area contributed by atoms with E-state index in [0.29, 0.717) is 11.8 Å². The number of halogens is 1. The lowest BCUT2D eigenvalue weighted by molar-refractivity contribution is -0.118. The van der Waals surface area contributed by atoms with Crippen LogP contribution in [0, 0.1) is 27.7 Å². The van der Waals surface area contributed by atoms with Crippen molar-refractivity contribution in [2.24, 2.45) is 5.10 Å². The molecule has 4 rings (SSSR count). The van der Waals surface area contributed by atoms with E-state index in [4.69, 9.17) is 4.74 Å². The van der Waals surface area contributed by atoms with E-state index in [1.807, 2.05) is 88.4 Å². The highest BCUT2D eigenvalue weighted by Gasteiger charge is 2.10. The Bertz CT molecular complexity index is 1400. The second-order valence-electron chi connectivity index (χ2n) is 8.59. The molecule has 2 heterocycles. The summed E-state index contributed by atoms with van der Waals surface area (Å²) in [5, 5.41) is 4.74. The fourth-order valence-electron chi connectivity index (χ4n) is 3.85. The van der Waals surface area contributed by atoms with E-state index < -0.39 is 0 Å². The van der Waals surface area contributed by atoms with E-state index in [2.05, 4.69) is 41.0 Å². The van der Waals surface area contributed by atoms with Gasteiger partial charge in [-0.15, -0.1) is 0 Å². The van der Waals surface area contributed by atoms with Crippen molar-refractivity contribution in [2.75, 3.05) is 5.75 Å². The van der Waals surface area contributed by atoms with Crippen molar-refractivity contribution in [1.82, 2.24) is 20.0 Å². The molecule has 0 saturated heterocycles. The first kappa shape index (κ1) is 26.6. The predicted molar refractivity (Wildman–Crippen MR) is 152 cm³/mol. The van der Waals surface area contributed by atoms with E-state index in [1.165, 1.54) is 11.8 Å². The highest BCUT2D eigenvalue weighted by molar-refractivity contribution is 9.10. The lowest BCUT2D eigenvalue weighted by atomic mass is 10.2. The Morgan fingerprint density at radius 2 is 1.70 bits per heavy atom. The van der Waals surface area contributed by atoms with Gasteiger partial charge in [-0.1, -0.05) is 39.8 Å². The fourth-order valence-corrected chi connectivity index (χ4v) is 4.85. The van der Waals surface area contributed by atoms with Gasteiger partial charge in [0.15, 0.2) is 5.16 Å². The molecule has 2 aromatic heterocycles. The van der Waals surface area contributed by atoms with Gasteiger partial charge in [0.1, 0.15) is 12.4 Å². The summed E-state index contributed by atoms with van der Waals surface area (Å²) < 4.78 is 9.12. The van der Waals surface area contributed by atoms with Crippen molar-refractivity contribution in [3.05, 3.63) is 99.0 Å². The first-order valence-electron chi connectivity index (χ1n) is 11.7. The van der Waals surface area contributed by atoms with E-state index >= 15 is 0 Å². The lowest BCUT2D eigenvalue weighted by Gasteiger charge is -2.11. The lowest BCUT2D eigenvalue weighted by Crippen LogP contribution is -2.19. The van der Waals surface area contributed by atoms with Crippen LogP contribution in [0.25, 0.3) is 5.69 Å². The summed E-state index contributed by atoms with van der Waals surface area (Å²) in [5.74, 6) is 0.787. The summed E-state index contributed by atoms with van der Waals surface area (Å²) in [6.07, 6.45) is 1.67. The number of amides is 1. The molecule has 37 heavy (non-hydrogen) atoms. The maximum absolute atomic E-state index is 12.2. The molecule has 7 nitrogen and oxygen atoms in total. The van der Waals surface area contributed by atoms with Crippen molar-refractivity contribution in [3.63, 3.8) is 0 Å². The SMILES string of the molecule is Cc1cc(C)nc(SCC(=O)N/N=C\c2cc(C)n(-c3ccc(OCc4ccc(Br)cc4)cc3)c2C)n1. The van der Waals surface area contributed by atoms with E-state index in [9.17, 15) is 4.79 Å². The van der Waals surface area contributed by atoms with Crippen LogP contribution >= 0.6 is 27.7 Å². The molecule has 0 spiro atoms. The number of hydrogen-bond donors (Lipinski definition) is 1. The number of nitrogens with one attached hydrogen (secondary N) is 1. The number of aryl methyl sites for hydroxylation is 3. The van der Waals surface area contributed by atoms with Crippen LogP contribution in [0.1, 0.15) is 33.9 Å². The van der Waals surface area contributed by atoms with Gasteiger partial charge in [-0.25, -0.2) is 15.4 Å². The third-order valence-electron chi connectivity index (χ3n) is 5.57. The maximum atomic E-state index is 12.2. The number of rotatable bonds is 9. The Labute approximate surface area is 229 Å². The number of benzene rings is 2. The molecular formula is C28H28BrN5O2S. The molecule has 9 heteroatoms. The van der Waals surface area contributed by atoms with Crippen LogP contribution in [-0.4, -0.2) is 32.4 Å². The van der Waals surface area contributed by atoms with Gasteiger partial charge < -0.3 is 9.30 Å². The molecule has 0 aliphatic carbocycles. The van der Waals surface area contributed by atoms with Crippen molar-refractivity contribution >= 4 is 39.8 Å². The Morgan fingerprint density at radius 1 is 1.03 bits per heavy atom. The smallest absolute Gasteiger partial charge is 0.250 e. The number of hydrogen-bond acceptors (Lipinski definition) is 6. The van der Waals surface area contributed by atoms with E-state index in [-0.39, 0.29) is 11.7 Å². The zero-order valence-corrected chi connectivity index (χ0v) is 23.6. The number of nitrogens with zero attached hydrogens (tertiary/aromatic N) is 4. The molecule has 1 N–H and O–H groups in total. The van der Waals surface area contributed by atoms with Gasteiger partial charge in [0.05, 0.1) is 12.0 Å². The van der Waals surface area contributed by atoms with Crippen LogP contribution in [0.5, 0.6) is 5.75 Å². The molecule has 0 aliphatic heterocycles. The van der Waals surface area contributed by atoms with Crippen molar-refractivity contribution < 1.29 is 9.53 Å². The number of carbonyl (C=O) groups is 1. The number of aromatic nitrogens is 3. The van der Waals surface area contributed by atoms with E-state index in [1.54, 1.807) is 6.21 Å². The third-order valence-corrected chi connectivity index (χ3v) is 6.95. The summed E-state index contributed by atoms with van der Waals surface area (Å²) in [5.41, 5.74) is 9.51. The van der Waals surface area contributed by atoms with Crippen molar-refractivity contribution in [2.45, 2.75) is 39.5 Å². The Kier molecular flexibility index (Phi) is 8.78. The average molecular weight is 579 g/mol. The van der Waals surface area contributed by atoms with Gasteiger partial charge in [0.25, 0.3) is 5.91 Å². The molecule has 0 radical (unpaired) electrons. The van der Waals surface area contributed by atoms with Crippen LogP contribution in [0.2, 0.25) is 0 Å². The molecule has 0 unspecified atom stereocenters. The van der Waals surface area contributed by atoms with Crippen LogP contribution < -0.4 is 10.2 Å². The molecule has 0 bridgehead atoms. The number of thioether (sulfide) groups is 1. The molecule has 0 saturated carbocycles. The molecule has 0 aliphatic rings. The van der Waals surface area contributed by atoms with Crippen LogP contribution in [0.4, 0.5) is 0 Å². The van der Waals surface area contributed by atoms with Crippen molar-refractivity contribution in [1.29, 1.82) is 0 Å². The van der Waals surface area contributed by atoms with Gasteiger partial charge in [-0.3, -0.25) is 4.79 Å². The van der Waals surface area contributed by atoms with E-state index in [0.717, 1.165) is 49.8 Å². The molecular weight excluding hydrogens is 550 g/mol. The molecule has 190 valence electrons. The minimum absolute atomic E-state index is 0.190. The van der Waals surface area contributed by atoms with Crippen LogP contribution in [0.15, 0.2) is 75.4 Å². The quantitative estimate of drug-likeness (QED) is 0.113. The minimum Gasteiger partial charge on any atom is -0.489 e. The Hall–Kier alpha value is -3.43. The highest BCUT2D eigenvalue weighted by Crippen LogP contribution is 2.23. The second kappa shape index (κ2) is 12.2. The molecule has 4 aromatic rings. The standard InChI is InChI=1S/C28H28BrN5O2S/c1-18-13-19(2)32-28(31-18)37-17-27(35)33-30-15-23-14-20(3)34(21(23)4)25-9-11-26(12-10-25)36-16-22-5-7-24(29)8-6-22/h5-15H,16-17H2,1-4H3,(H,33,35)/b30-15-. The summed E-state index contributed by atoms with van der Waals surface area (Å²) >= 11 is 4.74. The number of hydrazone groups is 1. The molecule has 2 aromatic carbocycles. The molecule has 1 amide bonds. The second-order valence-corrected chi connectivity index (χ2v) is 10.4. The average Bonchev–Trinajstić information content (AvgIpc) is 3.15. The predicted octanol–water partition coefficient (Wildman–Crippen LogP) is 6.08. The first-order chi connectivity index (χ1) is 17.8.